The molecule has 0 aromatic carbocycles. The molecule has 6 aliphatic rings. The van der Waals surface area contributed by atoms with Crippen LogP contribution in [-0.2, 0) is 57.0 Å². The molecule has 0 aromatic rings. The van der Waals surface area contributed by atoms with Crippen molar-refractivity contribution >= 4 is 11.9 Å². The van der Waals surface area contributed by atoms with Crippen molar-refractivity contribution in [3.05, 3.63) is 36.3 Å². The lowest BCUT2D eigenvalue weighted by Crippen LogP contribution is -2.64. The summed E-state index contributed by atoms with van der Waals surface area (Å²) in [6.07, 6.45) is -14.7. The fourth-order valence-corrected chi connectivity index (χ4v) is 8.01. The number of ether oxygens (including phenoxy) is 10. The second-order valence-corrected chi connectivity index (χ2v) is 14.0. The monoisotopic (exact) mass is 760 g/mol. The van der Waals surface area contributed by atoms with Crippen LogP contribution in [0.15, 0.2) is 36.3 Å². The minimum absolute atomic E-state index is 0.0516. The Morgan fingerprint density at radius 3 is 2.13 bits per heavy atom. The topological polar surface area (TPSA) is 268 Å². The molecule has 7 N–H and O–H groups in total. The Hall–Kier alpha value is -2.76. The van der Waals surface area contributed by atoms with Crippen LogP contribution in [-0.4, -0.2) is 162 Å². The highest BCUT2D eigenvalue weighted by Gasteiger charge is 2.55. The molecule has 1 aliphatic carbocycles. The molecule has 0 spiro atoms. The van der Waals surface area contributed by atoms with E-state index in [1.165, 1.54) is 26.6 Å². The van der Waals surface area contributed by atoms with Gasteiger partial charge in [-0.3, -0.25) is 0 Å². The van der Waals surface area contributed by atoms with E-state index in [9.17, 15) is 45.3 Å². The van der Waals surface area contributed by atoms with Crippen molar-refractivity contribution in [3.63, 3.8) is 0 Å². The zero-order valence-electron chi connectivity index (χ0n) is 29.3. The molecule has 5 aliphatic heterocycles. The first-order valence-corrected chi connectivity index (χ1v) is 17.4. The molecule has 0 amide bonds. The first-order valence-electron chi connectivity index (χ1n) is 17.4. The molecular formula is C34H48O19. The van der Waals surface area contributed by atoms with Crippen LogP contribution in [0.3, 0.4) is 0 Å². The Labute approximate surface area is 304 Å². The summed E-state index contributed by atoms with van der Waals surface area (Å²) in [5.74, 6) is -4.31. The molecule has 298 valence electrons. The van der Waals surface area contributed by atoms with Gasteiger partial charge in [-0.2, -0.15) is 0 Å². The molecular weight excluding hydrogens is 712 g/mol. The van der Waals surface area contributed by atoms with Crippen molar-refractivity contribution in [2.24, 2.45) is 29.6 Å². The van der Waals surface area contributed by atoms with E-state index in [4.69, 9.17) is 47.4 Å². The standard InChI is InChI=1S/C34H48O19/c1-5-13-14(16(29(42)44-3)9-47-31(13)52-33-26(40)24(38)23(37)19(8-35)49-33)7-21-46-11-20-28(51-21)25(39)27(41)34(50-20)53-32-22-12(2)18(36)6-15(22)17(10-48-32)30(43)45-4/h5,9-10,12-15,18-28,31-41H,1,6-8,11H2,2-4H3. The van der Waals surface area contributed by atoms with Crippen LogP contribution in [0, 0.1) is 29.6 Å². The van der Waals surface area contributed by atoms with Gasteiger partial charge >= 0.3 is 11.9 Å². The molecule has 19 heteroatoms. The minimum Gasteiger partial charge on any atom is -0.472 e. The third-order valence-corrected chi connectivity index (χ3v) is 11.1. The Balaban J connectivity index is 1.13. The summed E-state index contributed by atoms with van der Waals surface area (Å²) < 4.78 is 56.7. The summed E-state index contributed by atoms with van der Waals surface area (Å²) in [7, 11) is 2.42. The highest BCUT2D eigenvalue weighted by atomic mass is 16.8. The number of aliphatic hydroxyl groups is 7. The second-order valence-electron chi connectivity index (χ2n) is 14.0. The molecule has 19 atom stereocenters. The number of rotatable bonds is 10. The summed E-state index contributed by atoms with van der Waals surface area (Å²) in [6.45, 7) is 4.82. The van der Waals surface area contributed by atoms with Crippen molar-refractivity contribution in [1.82, 2.24) is 0 Å². The molecule has 5 heterocycles. The number of aliphatic hydroxyl groups excluding tert-OH is 7. The van der Waals surface area contributed by atoms with Gasteiger partial charge in [0, 0.05) is 30.1 Å². The van der Waals surface area contributed by atoms with Gasteiger partial charge in [-0.15, -0.1) is 6.58 Å². The average molecular weight is 761 g/mol. The Bertz CT molecular complexity index is 1390. The molecule has 53 heavy (non-hydrogen) atoms. The maximum absolute atomic E-state index is 12.8. The quantitative estimate of drug-likeness (QED) is 0.0880. The molecule has 0 aromatic heterocycles. The molecule has 4 fully saturated rings. The van der Waals surface area contributed by atoms with Gasteiger partial charge in [0.25, 0.3) is 0 Å². The summed E-state index contributed by atoms with van der Waals surface area (Å²) in [6, 6.07) is 0. The number of methoxy groups -OCH3 is 2. The SMILES string of the molecule is C=CC1C(OC2OC(CO)C(O)C(O)C2O)OC=C(C(=O)OC)C1CC1OCC2OC(OC3OC=C(C(=O)OC)C4CC(O)C(C)C34)C(O)C(O)C2O1. The summed E-state index contributed by atoms with van der Waals surface area (Å²) >= 11 is 0. The van der Waals surface area contributed by atoms with Crippen molar-refractivity contribution in [3.8, 4) is 0 Å². The smallest absolute Gasteiger partial charge is 0.337 e. The van der Waals surface area contributed by atoms with Gasteiger partial charge in [-0.1, -0.05) is 13.0 Å². The normalized spacial score (nSPS) is 46.7. The van der Waals surface area contributed by atoms with Crippen LogP contribution in [0.4, 0.5) is 0 Å². The van der Waals surface area contributed by atoms with E-state index in [0.29, 0.717) is 0 Å². The first-order chi connectivity index (χ1) is 25.3. The number of hydrogen-bond acceptors (Lipinski definition) is 19. The van der Waals surface area contributed by atoms with E-state index in [1.807, 2.05) is 0 Å². The minimum atomic E-state index is -1.73. The van der Waals surface area contributed by atoms with E-state index in [-0.39, 0.29) is 36.5 Å². The lowest BCUT2D eigenvalue weighted by molar-refractivity contribution is -0.381. The van der Waals surface area contributed by atoms with Crippen molar-refractivity contribution in [2.75, 3.05) is 27.4 Å². The predicted octanol–water partition coefficient (Wildman–Crippen LogP) is -2.72. The van der Waals surface area contributed by atoms with E-state index in [2.05, 4.69) is 6.58 Å². The van der Waals surface area contributed by atoms with Crippen LogP contribution in [0.25, 0.3) is 0 Å². The first kappa shape index (κ1) is 39.9. The van der Waals surface area contributed by atoms with Gasteiger partial charge in [-0.25, -0.2) is 9.59 Å². The number of esters is 2. The average Bonchev–Trinajstić information content (AvgIpc) is 3.46. The third kappa shape index (κ3) is 7.60. The van der Waals surface area contributed by atoms with Gasteiger partial charge in [-0.05, 0) is 12.3 Å². The number of fused-ring (bicyclic) bond motifs is 2. The van der Waals surface area contributed by atoms with Gasteiger partial charge in [0.15, 0.2) is 18.9 Å². The molecule has 1 saturated carbocycles. The molecule has 0 bridgehead atoms. The predicted molar refractivity (Wildman–Crippen MR) is 170 cm³/mol. The van der Waals surface area contributed by atoms with Gasteiger partial charge < -0.3 is 83.1 Å². The van der Waals surface area contributed by atoms with Crippen LogP contribution >= 0.6 is 0 Å². The van der Waals surface area contributed by atoms with Gasteiger partial charge in [0.2, 0.25) is 12.6 Å². The van der Waals surface area contributed by atoms with Crippen molar-refractivity contribution < 1.29 is 92.7 Å². The van der Waals surface area contributed by atoms with Crippen LogP contribution in [0.5, 0.6) is 0 Å². The summed E-state index contributed by atoms with van der Waals surface area (Å²) in [5.41, 5.74) is 0.307. The Morgan fingerprint density at radius 2 is 1.45 bits per heavy atom. The zero-order chi connectivity index (χ0) is 38.3. The van der Waals surface area contributed by atoms with Gasteiger partial charge in [0.1, 0.15) is 48.8 Å². The fraction of sp³-hybridized carbons (Fsp3) is 0.765. The third-order valence-electron chi connectivity index (χ3n) is 11.1. The molecule has 0 radical (unpaired) electrons. The van der Waals surface area contributed by atoms with E-state index in [0.717, 1.165) is 6.26 Å². The highest BCUT2D eigenvalue weighted by molar-refractivity contribution is 5.89. The van der Waals surface area contributed by atoms with Crippen LogP contribution in [0.2, 0.25) is 0 Å². The molecule has 3 saturated heterocycles. The second kappa shape index (κ2) is 16.5. The van der Waals surface area contributed by atoms with Crippen molar-refractivity contribution in [2.45, 2.75) is 106 Å². The van der Waals surface area contributed by atoms with Crippen LogP contribution < -0.4 is 0 Å². The maximum atomic E-state index is 12.8. The molecule has 19 unspecified atom stereocenters. The number of hydrogen-bond donors (Lipinski definition) is 7. The van der Waals surface area contributed by atoms with Gasteiger partial charge in [0.05, 0.1) is 57.2 Å². The van der Waals surface area contributed by atoms with Crippen LogP contribution in [0.1, 0.15) is 19.8 Å². The summed E-state index contributed by atoms with van der Waals surface area (Å²) in [5, 5.41) is 73.5. The van der Waals surface area contributed by atoms with E-state index in [1.54, 1.807) is 6.92 Å². The largest absolute Gasteiger partial charge is 0.472 e. The Kier molecular flexibility index (Phi) is 12.5. The Morgan fingerprint density at radius 1 is 0.830 bits per heavy atom. The maximum Gasteiger partial charge on any atom is 0.337 e. The fourth-order valence-electron chi connectivity index (χ4n) is 8.01. The highest BCUT2D eigenvalue weighted by Crippen LogP contribution is 2.48. The molecule has 19 nitrogen and oxygen atoms in total. The summed E-state index contributed by atoms with van der Waals surface area (Å²) in [4.78, 5) is 25.2. The lowest BCUT2D eigenvalue weighted by Gasteiger charge is -2.48. The zero-order valence-corrected chi connectivity index (χ0v) is 29.3. The lowest BCUT2D eigenvalue weighted by atomic mass is 9.81. The van der Waals surface area contributed by atoms with Crippen molar-refractivity contribution in [1.29, 1.82) is 0 Å². The molecule has 6 rings (SSSR count). The van der Waals surface area contributed by atoms with E-state index < -0.39 is 129 Å². The van der Waals surface area contributed by atoms with E-state index >= 15 is 0 Å². The number of carbonyl (C=O) groups is 2. The number of carbonyl (C=O) groups excluding carboxylic acids is 2.